The van der Waals surface area contributed by atoms with Gasteiger partial charge in [0.1, 0.15) is 11.8 Å². The Morgan fingerprint density at radius 3 is 2.86 bits per heavy atom. The van der Waals surface area contributed by atoms with Crippen molar-refractivity contribution in [2.45, 2.75) is 44.1 Å². The SMILES string of the molecule is O=C(O)[C@H]1CCCCN1C(=O)C[C@H]1CCOc2ccccc21. The third-order valence-electron chi connectivity index (χ3n) is 4.61. The summed E-state index contributed by atoms with van der Waals surface area (Å²) in [6.45, 7) is 1.16. The lowest BCUT2D eigenvalue weighted by atomic mass is 9.89. The smallest absolute Gasteiger partial charge is 0.326 e. The summed E-state index contributed by atoms with van der Waals surface area (Å²) in [5.41, 5.74) is 1.06. The molecule has 118 valence electrons. The fourth-order valence-electron chi connectivity index (χ4n) is 3.44. The van der Waals surface area contributed by atoms with E-state index in [0.717, 1.165) is 30.6 Å². The highest BCUT2D eigenvalue weighted by atomic mass is 16.5. The number of carbonyl (C=O) groups excluding carboxylic acids is 1. The highest BCUT2D eigenvalue weighted by molar-refractivity contribution is 5.84. The van der Waals surface area contributed by atoms with Gasteiger partial charge < -0.3 is 14.7 Å². The van der Waals surface area contributed by atoms with Crippen LogP contribution in [0.25, 0.3) is 0 Å². The van der Waals surface area contributed by atoms with Crippen molar-refractivity contribution in [1.29, 1.82) is 0 Å². The summed E-state index contributed by atoms with van der Waals surface area (Å²) in [5, 5.41) is 9.31. The molecule has 1 N–H and O–H groups in total. The van der Waals surface area contributed by atoms with Crippen molar-refractivity contribution < 1.29 is 19.4 Å². The lowest BCUT2D eigenvalue weighted by molar-refractivity contribution is -0.152. The highest BCUT2D eigenvalue weighted by Gasteiger charge is 2.33. The molecule has 5 heteroatoms. The van der Waals surface area contributed by atoms with Gasteiger partial charge >= 0.3 is 5.97 Å². The zero-order valence-corrected chi connectivity index (χ0v) is 12.5. The minimum atomic E-state index is -0.888. The number of likely N-dealkylation sites (tertiary alicyclic amines) is 1. The largest absolute Gasteiger partial charge is 0.493 e. The molecule has 3 rings (SSSR count). The van der Waals surface area contributed by atoms with Crippen molar-refractivity contribution in [1.82, 2.24) is 4.90 Å². The molecular formula is C17H21NO4. The van der Waals surface area contributed by atoms with Crippen molar-refractivity contribution in [2.24, 2.45) is 0 Å². The molecule has 0 aliphatic carbocycles. The molecule has 2 aliphatic rings. The quantitative estimate of drug-likeness (QED) is 0.931. The van der Waals surface area contributed by atoms with Crippen LogP contribution in [0.3, 0.4) is 0 Å². The van der Waals surface area contributed by atoms with Gasteiger partial charge in [0.25, 0.3) is 0 Å². The number of carboxylic acid groups (broad SMARTS) is 1. The fourth-order valence-corrected chi connectivity index (χ4v) is 3.44. The van der Waals surface area contributed by atoms with E-state index >= 15 is 0 Å². The summed E-state index contributed by atoms with van der Waals surface area (Å²) in [4.78, 5) is 25.5. The van der Waals surface area contributed by atoms with Gasteiger partial charge in [-0.25, -0.2) is 4.79 Å². The Hall–Kier alpha value is -2.04. The molecule has 2 aliphatic heterocycles. The minimum absolute atomic E-state index is 0.0474. The van der Waals surface area contributed by atoms with Crippen LogP contribution in [0.15, 0.2) is 24.3 Å². The van der Waals surface area contributed by atoms with E-state index in [1.807, 2.05) is 24.3 Å². The Balaban J connectivity index is 1.73. The molecule has 0 aromatic heterocycles. The first kappa shape index (κ1) is 14.9. The van der Waals surface area contributed by atoms with Gasteiger partial charge in [-0.3, -0.25) is 4.79 Å². The normalized spacial score (nSPS) is 24.3. The number of para-hydroxylation sites is 1. The van der Waals surface area contributed by atoms with Crippen LogP contribution in [-0.2, 0) is 9.59 Å². The molecule has 1 fully saturated rings. The van der Waals surface area contributed by atoms with Crippen LogP contribution < -0.4 is 4.74 Å². The summed E-state index contributed by atoms with van der Waals surface area (Å²) < 4.78 is 5.62. The molecule has 1 saturated heterocycles. The van der Waals surface area contributed by atoms with Gasteiger partial charge in [0.05, 0.1) is 6.61 Å². The van der Waals surface area contributed by atoms with Crippen molar-refractivity contribution in [3.8, 4) is 5.75 Å². The average molecular weight is 303 g/mol. The van der Waals surface area contributed by atoms with Crippen molar-refractivity contribution >= 4 is 11.9 Å². The maximum atomic E-state index is 12.6. The van der Waals surface area contributed by atoms with E-state index in [1.54, 1.807) is 4.90 Å². The first-order valence-corrected chi connectivity index (χ1v) is 7.91. The van der Waals surface area contributed by atoms with Crippen molar-refractivity contribution in [3.63, 3.8) is 0 Å². The van der Waals surface area contributed by atoms with Crippen molar-refractivity contribution in [2.75, 3.05) is 13.2 Å². The topological polar surface area (TPSA) is 66.8 Å². The fraction of sp³-hybridized carbons (Fsp3) is 0.529. The van der Waals surface area contributed by atoms with Gasteiger partial charge in [0.15, 0.2) is 0 Å². The number of hydrogen-bond acceptors (Lipinski definition) is 3. The molecule has 0 bridgehead atoms. The van der Waals surface area contributed by atoms with E-state index in [4.69, 9.17) is 4.74 Å². The van der Waals surface area contributed by atoms with Crippen LogP contribution >= 0.6 is 0 Å². The van der Waals surface area contributed by atoms with Crippen LogP contribution in [0.1, 0.15) is 43.6 Å². The standard InChI is InChI=1S/C17H21NO4/c19-16(18-9-4-3-6-14(18)17(20)21)11-12-8-10-22-15-7-2-1-5-13(12)15/h1-2,5,7,12,14H,3-4,6,8-11H2,(H,20,21)/t12-,14-/m1/s1. The molecule has 2 atom stereocenters. The molecule has 2 heterocycles. The molecule has 0 saturated carbocycles. The molecular weight excluding hydrogens is 282 g/mol. The Morgan fingerprint density at radius 2 is 2.05 bits per heavy atom. The molecule has 1 aromatic rings. The van der Waals surface area contributed by atoms with E-state index in [9.17, 15) is 14.7 Å². The van der Waals surface area contributed by atoms with Crippen LogP contribution in [0, 0.1) is 0 Å². The minimum Gasteiger partial charge on any atom is -0.493 e. The average Bonchev–Trinajstić information content (AvgIpc) is 2.55. The Labute approximate surface area is 129 Å². The van der Waals surface area contributed by atoms with Crippen molar-refractivity contribution in [3.05, 3.63) is 29.8 Å². The zero-order chi connectivity index (χ0) is 15.5. The predicted molar refractivity (Wildman–Crippen MR) is 80.9 cm³/mol. The van der Waals surface area contributed by atoms with Gasteiger partial charge in [0, 0.05) is 13.0 Å². The van der Waals surface area contributed by atoms with E-state index in [-0.39, 0.29) is 11.8 Å². The highest BCUT2D eigenvalue weighted by Crippen LogP contribution is 2.36. The van der Waals surface area contributed by atoms with Gasteiger partial charge in [-0.05, 0) is 43.2 Å². The van der Waals surface area contributed by atoms with E-state index < -0.39 is 12.0 Å². The molecule has 5 nitrogen and oxygen atoms in total. The number of benzene rings is 1. The third-order valence-corrected chi connectivity index (χ3v) is 4.61. The van der Waals surface area contributed by atoms with Gasteiger partial charge in [-0.1, -0.05) is 18.2 Å². The van der Waals surface area contributed by atoms with E-state index in [0.29, 0.717) is 26.0 Å². The van der Waals surface area contributed by atoms with Gasteiger partial charge in [0.2, 0.25) is 5.91 Å². The third kappa shape index (κ3) is 2.93. The second kappa shape index (κ2) is 6.38. The first-order valence-electron chi connectivity index (χ1n) is 7.91. The Morgan fingerprint density at radius 1 is 1.23 bits per heavy atom. The molecule has 1 amide bonds. The van der Waals surface area contributed by atoms with Crippen LogP contribution in [-0.4, -0.2) is 41.1 Å². The summed E-state index contributed by atoms with van der Waals surface area (Å²) in [6.07, 6.45) is 3.49. The van der Waals surface area contributed by atoms with E-state index in [1.165, 1.54) is 0 Å². The maximum absolute atomic E-state index is 12.6. The number of nitrogens with zero attached hydrogens (tertiary/aromatic N) is 1. The second-order valence-electron chi connectivity index (χ2n) is 6.01. The first-order chi connectivity index (χ1) is 10.7. The number of carbonyl (C=O) groups is 2. The van der Waals surface area contributed by atoms with E-state index in [2.05, 4.69) is 0 Å². The predicted octanol–water partition coefficient (Wildman–Crippen LogP) is 2.41. The van der Waals surface area contributed by atoms with Crippen LogP contribution in [0.5, 0.6) is 5.75 Å². The molecule has 22 heavy (non-hydrogen) atoms. The number of amides is 1. The summed E-state index contributed by atoms with van der Waals surface area (Å²) in [7, 11) is 0. The molecule has 1 aromatic carbocycles. The van der Waals surface area contributed by atoms with Crippen LogP contribution in [0.4, 0.5) is 0 Å². The molecule has 0 radical (unpaired) electrons. The maximum Gasteiger partial charge on any atom is 0.326 e. The number of ether oxygens (including phenoxy) is 1. The summed E-state index contributed by atoms with van der Waals surface area (Å²) in [5.74, 6) is 0.0306. The van der Waals surface area contributed by atoms with Gasteiger partial charge in [-0.15, -0.1) is 0 Å². The number of fused-ring (bicyclic) bond motifs is 1. The number of piperidine rings is 1. The second-order valence-corrected chi connectivity index (χ2v) is 6.01. The monoisotopic (exact) mass is 303 g/mol. The number of hydrogen-bond donors (Lipinski definition) is 1. The lowest BCUT2D eigenvalue weighted by Crippen LogP contribution is -2.48. The zero-order valence-electron chi connectivity index (χ0n) is 12.5. The Bertz CT molecular complexity index is 572. The molecule has 0 spiro atoms. The van der Waals surface area contributed by atoms with Crippen LogP contribution in [0.2, 0.25) is 0 Å². The molecule has 0 unspecified atom stereocenters. The Kier molecular flexibility index (Phi) is 4.32. The lowest BCUT2D eigenvalue weighted by Gasteiger charge is -2.34. The number of carboxylic acids is 1. The summed E-state index contributed by atoms with van der Waals surface area (Å²) >= 11 is 0. The van der Waals surface area contributed by atoms with Gasteiger partial charge in [-0.2, -0.15) is 0 Å². The number of aliphatic carboxylic acids is 1. The number of rotatable bonds is 3. The summed E-state index contributed by atoms with van der Waals surface area (Å²) in [6, 6.07) is 7.14.